The number of pyridine rings is 1. The molecule has 1 amide bonds. The quantitative estimate of drug-likeness (QED) is 0.741. The van der Waals surface area contributed by atoms with Crippen LogP contribution in [0.2, 0.25) is 0 Å². The average Bonchev–Trinajstić information content (AvgIpc) is 3.21. The van der Waals surface area contributed by atoms with Crippen molar-refractivity contribution < 1.29 is 9.18 Å². The first-order valence-electron chi connectivity index (χ1n) is 9.29. The summed E-state index contributed by atoms with van der Waals surface area (Å²) in [6, 6.07) is 12.6. The Morgan fingerprint density at radius 3 is 2.74 bits per heavy atom. The molecule has 2 aromatic carbocycles. The molecule has 1 aliphatic rings. The number of aromatic nitrogens is 1. The number of nitrogens with zero attached hydrogens (tertiary/aromatic N) is 2. The Balaban J connectivity index is 1.76. The molecular formula is C22H22FN3O. The Morgan fingerprint density at radius 1 is 1.19 bits per heavy atom. The van der Waals surface area contributed by atoms with Crippen molar-refractivity contribution in [3.05, 3.63) is 71.2 Å². The zero-order chi connectivity index (χ0) is 18.8. The first-order valence-corrected chi connectivity index (χ1v) is 9.29. The number of likely N-dealkylation sites (tertiary alicyclic amines) is 1. The molecule has 1 N–H and O–H groups in total. The van der Waals surface area contributed by atoms with E-state index in [0.29, 0.717) is 28.7 Å². The van der Waals surface area contributed by atoms with Gasteiger partial charge in [-0.15, -0.1) is 0 Å². The largest absolute Gasteiger partial charge is 0.380 e. The molecule has 1 aliphatic heterocycles. The molecule has 0 saturated carbocycles. The second-order valence-electron chi connectivity index (χ2n) is 6.99. The number of nitrogens with one attached hydrogen (secondary N) is 1. The summed E-state index contributed by atoms with van der Waals surface area (Å²) in [4.78, 5) is 19.3. The number of benzene rings is 2. The van der Waals surface area contributed by atoms with Gasteiger partial charge in [-0.3, -0.25) is 9.78 Å². The van der Waals surface area contributed by atoms with Gasteiger partial charge in [0.2, 0.25) is 0 Å². The van der Waals surface area contributed by atoms with Crippen molar-refractivity contribution in [1.29, 1.82) is 0 Å². The molecule has 5 heteroatoms. The summed E-state index contributed by atoms with van der Waals surface area (Å²) in [5.41, 5.74) is 4.13. The lowest BCUT2D eigenvalue weighted by Crippen LogP contribution is -2.28. The third-order valence-electron chi connectivity index (χ3n) is 5.17. The van der Waals surface area contributed by atoms with Gasteiger partial charge in [0, 0.05) is 31.2 Å². The lowest BCUT2D eigenvalue weighted by molar-refractivity contribution is 0.0793. The third-order valence-corrected chi connectivity index (χ3v) is 5.17. The summed E-state index contributed by atoms with van der Waals surface area (Å²) in [6.07, 6.45) is 3.65. The summed E-state index contributed by atoms with van der Waals surface area (Å²) < 4.78 is 13.9. The molecule has 4 rings (SSSR count). The number of carbonyl (C=O) groups is 1. The smallest absolute Gasteiger partial charge is 0.257 e. The van der Waals surface area contributed by atoms with Gasteiger partial charge < -0.3 is 10.2 Å². The van der Waals surface area contributed by atoms with E-state index in [1.807, 2.05) is 23.1 Å². The molecule has 1 saturated heterocycles. The van der Waals surface area contributed by atoms with E-state index in [-0.39, 0.29) is 11.7 Å². The number of rotatable bonds is 4. The maximum absolute atomic E-state index is 13.9. The van der Waals surface area contributed by atoms with E-state index in [1.165, 1.54) is 17.7 Å². The van der Waals surface area contributed by atoms with Crippen molar-refractivity contribution in [2.75, 3.05) is 18.4 Å². The minimum absolute atomic E-state index is 0.0431. The van der Waals surface area contributed by atoms with Crippen molar-refractivity contribution in [1.82, 2.24) is 9.88 Å². The molecule has 0 unspecified atom stereocenters. The van der Waals surface area contributed by atoms with Gasteiger partial charge in [0.1, 0.15) is 5.82 Å². The molecule has 0 spiro atoms. The van der Waals surface area contributed by atoms with Gasteiger partial charge in [0.05, 0.1) is 16.8 Å². The zero-order valence-electron chi connectivity index (χ0n) is 15.3. The second-order valence-corrected chi connectivity index (χ2v) is 6.99. The number of hydrogen-bond donors (Lipinski definition) is 1. The summed E-state index contributed by atoms with van der Waals surface area (Å²) in [5.74, 6) is -0.382. The van der Waals surface area contributed by atoms with Crippen LogP contribution >= 0.6 is 0 Å². The number of amides is 1. The van der Waals surface area contributed by atoms with Gasteiger partial charge in [-0.2, -0.15) is 0 Å². The number of anilines is 1. The third kappa shape index (κ3) is 3.50. The fourth-order valence-corrected chi connectivity index (χ4v) is 3.60. The number of carbonyl (C=O) groups excluding carboxylic acids is 1. The van der Waals surface area contributed by atoms with Crippen molar-refractivity contribution in [3.63, 3.8) is 0 Å². The average molecular weight is 363 g/mol. The standard InChI is InChI=1S/C22H22FN3O/c1-15-6-2-3-7-16(15)13-25-21-18-12-17(23)8-9-20(18)24-14-19(21)22(27)26-10-4-5-11-26/h2-3,6-9,12,14H,4-5,10-11,13H2,1H3,(H,24,25). The van der Waals surface area contributed by atoms with Crippen LogP contribution in [0.3, 0.4) is 0 Å². The fraction of sp³-hybridized carbons (Fsp3) is 0.273. The fourth-order valence-electron chi connectivity index (χ4n) is 3.60. The van der Waals surface area contributed by atoms with Gasteiger partial charge >= 0.3 is 0 Å². The molecule has 0 aliphatic carbocycles. The zero-order valence-corrected chi connectivity index (χ0v) is 15.3. The number of halogens is 1. The van der Waals surface area contributed by atoms with Crippen LogP contribution in [-0.4, -0.2) is 28.9 Å². The van der Waals surface area contributed by atoms with E-state index in [4.69, 9.17) is 0 Å². The van der Waals surface area contributed by atoms with E-state index >= 15 is 0 Å². The lowest BCUT2D eigenvalue weighted by Gasteiger charge is -2.20. The molecule has 27 heavy (non-hydrogen) atoms. The summed E-state index contributed by atoms with van der Waals surface area (Å²) in [7, 11) is 0. The first-order chi connectivity index (χ1) is 13.1. The summed E-state index contributed by atoms with van der Waals surface area (Å²) in [6.45, 7) is 4.13. The molecule has 4 nitrogen and oxygen atoms in total. The van der Waals surface area contributed by atoms with Gasteiger partial charge in [0.25, 0.3) is 5.91 Å². The monoisotopic (exact) mass is 363 g/mol. The molecule has 138 valence electrons. The highest BCUT2D eigenvalue weighted by atomic mass is 19.1. The molecule has 0 radical (unpaired) electrons. The van der Waals surface area contributed by atoms with Crippen LogP contribution in [-0.2, 0) is 6.54 Å². The molecule has 1 aromatic heterocycles. The van der Waals surface area contributed by atoms with Crippen molar-refractivity contribution in [2.24, 2.45) is 0 Å². The van der Waals surface area contributed by atoms with E-state index in [1.54, 1.807) is 12.3 Å². The Morgan fingerprint density at radius 2 is 1.96 bits per heavy atom. The van der Waals surface area contributed by atoms with Crippen LogP contribution in [0.5, 0.6) is 0 Å². The normalized spacial score (nSPS) is 13.9. The molecule has 1 fully saturated rings. The number of fused-ring (bicyclic) bond motifs is 1. The van der Waals surface area contributed by atoms with E-state index in [9.17, 15) is 9.18 Å². The molecular weight excluding hydrogens is 341 g/mol. The van der Waals surface area contributed by atoms with E-state index in [0.717, 1.165) is 31.5 Å². The van der Waals surface area contributed by atoms with Gasteiger partial charge in [-0.05, 0) is 49.1 Å². The predicted molar refractivity (Wildman–Crippen MR) is 105 cm³/mol. The lowest BCUT2D eigenvalue weighted by atomic mass is 10.1. The van der Waals surface area contributed by atoms with Crippen LogP contribution < -0.4 is 5.32 Å². The Labute approximate surface area is 158 Å². The Bertz CT molecular complexity index is 996. The number of hydrogen-bond acceptors (Lipinski definition) is 3. The molecule has 3 aromatic rings. The highest BCUT2D eigenvalue weighted by molar-refractivity contribution is 6.07. The van der Waals surface area contributed by atoms with Crippen molar-refractivity contribution in [3.8, 4) is 0 Å². The van der Waals surface area contributed by atoms with Gasteiger partial charge in [-0.1, -0.05) is 24.3 Å². The van der Waals surface area contributed by atoms with Crippen LogP contribution in [0, 0.1) is 12.7 Å². The van der Waals surface area contributed by atoms with Crippen LogP contribution in [0.4, 0.5) is 10.1 Å². The van der Waals surface area contributed by atoms with Gasteiger partial charge in [-0.25, -0.2) is 4.39 Å². The van der Waals surface area contributed by atoms with E-state index < -0.39 is 0 Å². The SMILES string of the molecule is Cc1ccccc1CNc1c(C(=O)N2CCCC2)cnc2ccc(F)cc12. The molecule has 0 bridgehead atoms. The highest BCUT2D eigenvalue weighted by Gasteiger charge is 2.23. The topological polar surface area (TPSA) is 45.2 Å². The summed E-state index contributed by atoms with van der Waals surface area (Å²) in [5, 5.41) is 4.02. The van der Waals surface area contributed by atoms with Crippen molar-refractivity contribution >= 4 is 22.5 Å². The summed E-state index contributed by atoms with van der Waals surface area (Å²) >= 11 is 0. The molecule has 0 atom stereocenters. The highest BCUT2D eigenvalue weighted by Crippen LogP contribution is 2.29. The Hall–Kier alpha value is -2.95. The Kier molecular flexibility index (Phi) is 4.75. The number of aryl methyl sites for hydroxylation is 1. The first kappa shape index (κ1) is 17.5. The maximum atomic E-state index is 13.9. The van der Waals surface area contributed by atoms with Gasteiger partial charge in [0.15, 0.2) is 0 Å². The van der Waals surface area contributed by atoms with Crippen molar-refractivity contribution in [2.45, 2.75) is 26.3 Å². The minimum Gasteiger partial charge on any atom is -0.380 e. The van der Waals surface area contributed by atoms with Crippen LogP contribution in [0.25, 0.3) is 10.9 Å². The maximum Gasteiger partial charge on any atom is 0.257 e. The molecule has 2 heterocycles. The second kappa shape index (κ2) is 7.35. The predicted octanol–water partition coefficient (Wildman–Crippen LogP) is 4.53. The van der Waals surface area contributed by atoms with Crippen LogP contribution in [0.1, 0.15) is 34.3 Å². The van der Waals surface area contributed by atoms with E-state index in [2.05, 4.69) is 23.3 Å². The van der Waals surface area contributed by atoms with Crippen LogP contribution in [0.15, 0.2) is 48.7 Å². The minimum atomic E-state index is -0.339.